The standard InChI is InChI=1S/C26H26BrNO5/c1-14-23(26(30)33-4)24(17-7-5-6-8-18(17)27)25-19(28-14)11-16(12-20(25)29)15-9-10-21(31-2)22(13-15)32-3/h5-10,13,16,24,28H,11-12H2,1-4H3/t16-,24-/m1/s1. The van der Waals surface area contributed by atoms with E-state index in [-0.39, 0.29) is 11.7 Å². The number of halogens is 1. The minimum absolute atomic E-state index is 0.0122. The number of dihydropyridines is 1. The zero-order chi connectivity index (χ0) is 23.7. The van der Waals surface area contributed by atoms with E-state index in [1.165, 1.54) is 7.11 Å². The summed E-state index contributed by atoms with van der Waals surface area (Å²) in [6, 6.07) is 13.4. The van der Waals surface area contributed by atoms with E-state index in [0.717, 1.165) is 21.3 Å². The lowest BCUT2D eigenvalue weighted by Gasteiger charge is -2.37. The fourth-order valence-electron chi connectivity index (χ4n) is 4.78. The van der Waals surface area contributed by atoms with Crippen molar-refractivity contribution in [3.63, 3.8) is 0 Å². The molecule has 0 saturated carbocycles. The van der Waals surface area contributed by atoms with Crippen LogP contribution in [0, 0.1) is 0 Å². The third-order valence-corrected chi connectivity index (χ3v) is 7.05. The van der Waals surface area contributed by atoms with Crippen LogP contribution in [-0.2, 0) is 14.3 Å². The SMILES string of the molecule is COC(=O)C1=C(C)NC2=C(C(=O)C[C@H](c3ccc(OC)c(OC)c3)C2)[C@@H]1c1ccccc1Br. The fourth-order valence-corrected chi connectivity index (χ4v) is 5.30. The topological polar surface area (TPSA) is 73.9 Å². The highest BCUT2D eigenvalue weighted by Gasteiger charge is 2.41. The summed E-state index contributed by atoms with van der Waals surface area (Å²) in [7, 11) is 4.56. The van der Waals surface area contributed by atoms with Crippen LogP contribution < -0.4 is 14.8 Å². The Kier molecular flexibility index (Phi) is 6.61. The van der Waals surface area contributed by atoms with Gasteiger partial charge in [-0.15, -0.1) is 0 Å². The molecule has 0 fully saturated rings. The molecule has 0 saturated heterocycles. The van der Waals surface area contributed by atoms with Gasteiger partial charge in [-0.3, -0.25) is 4.79 Å². The lowest BCUT2D eigenvalue weighted by molar-refractivity contribution is -0.136. The fraction of sp³-hybridized carbons (Fsp3) is 0.308. The van der Waals surface area contributed by atoms with Crippen LogP contribution in [0.4, 0.5) is 0 Å². The van der Waals surface area contributed by atoms with Crippen molar-refractivity contribution >= 4 is 27.7 Å². The van der Waals surface area contributed by atoms with Crippen molar-refractivity contribution in [2.75, 3.05) is 21.3 Å². The minimum atomic E-state index is -0.497. The average Bonchev–Trinajstić information content (AvgIpc) is 2.82. The molecular formula is C26H26BrNO5. The predicted molar refractivity (Wildman–Crippen MR) is 128 cm³/mol. The molecule has 1 heterocycles. The van der Waals surface area contributed by atoms with E-state index in [1.54, 1.807) is 14.2 Å². The van der Waals surface area contributed by atoms with Gasteiger partial charge in [-0.1, -0.05) is 40.2 Å². The summed E-state index contributed by atoms with van der Waals surface area (Å²) >= 11 is 3.61. The number of Topliss-reactive ketones (excluding diaryl/α,β-unsaturated/α-hetero) is 1. The molecule has 1 N–H and O–H groups in total. The Morgan fingerprint density at radius 3 is 2.42 bits per heavy atom. The number of nitrogens with one attached hydrogen (secondary N) is 1. The molecule has 2 aliphatic rings. The van der Waals surface area contributed by atoms with Crippen molar-refractivity contribution in [3.05, 3.63) is 80.6 Å². The van der Waals surface area contributed by atoms with E-state index in [0.29, 0.717) is 41.2 Å². The van der Waals surface area contributed by atoms with Crippen LogP contribution in [0.2, 0.25) is 0 Å². The average molecular weight is 512 g/mol. The highest BCUT2D eigenvalue weighted by atomic mass is 79.9. The summed E-state index contributed by atoms with van der Waals surface area (Å²) < 4.78 is 16.7. The molecule has 0 amide bonds. The van der Waals surface area contributed by atoms with Gasteiger partial charge in [0.1, 0.15) is 0 Å². The Morgan fingerprint density at radius 2 is 1.76 bits per heavy atom. The van der Waals surface area contributed by atoms with E-state index in [2.05, 4.69) is 21.2 Å². The molecule has 0 aromatic heterocycles. The van der Waals surface area contributed by atoms with Gasteiger partial charge in [0.15, 0.2) is 17.3 Å². The normalized spacial score (nSPS) is 20.2. The number of ketones is 1. The number of allylic oxidation sites excluding steroid dienone is 3. The van der Waals surface area contributed by atoms with Crippen molar-refractivity contribution in [1.82, 2.24) is 5.32 Å². The molecule has 0 radical (unpaired) electrons. The predicted octanol–water partition coefficient (Wildman–Crippen LogP) is 5.00. The van der Waals surface area contributed by atoms with Crippen molar-refractivity contribution in [2.24, 2.45) is 0 Å². The molecule has 0 bridgehead atoms. The van der Waals surface area contributed by atoms with Crippen LogP contribution in [0.3, 0.4) is 0 Å². The summed E-state index contributed by atoms with van der Waals surface area (Å²) in [5.74, 6) is 0.336. The van der Waals surface area contributed by atoms with Crippen LogP contribution in [0.25, 0.3) is 0 Å². The first kappa shape index (κ1) is 23.1. The number of carbonyl (C=O) groups is 2. The number of esters is 1. The number of ether oxygens (including phenoxy) is 3. The van der Waals surface area contributed by atoms with E-state index in [9.17, 15) is 9.59 Å². The molecule has 6 nitrogen and oxygen atoms in total. The zero-order valence-electron chi connectivity index (χ0n) is 19.0. The molecule has 2 aromatic rings. The Balaban J connectivity index is 1.79. The van der Waals surface area contributed by atoms with Crippen molar-refractivity contribution in [3.8, 4) is 11.5 Å². The van der Waals surface area contributed by atoms with E-state index >= 15 is 0 Å². The number of hydrogen-bond donors (Lipinski definition) is 1. The highest BCUT2D eigenvalue weighted by Crippen LogP contribution is 2.47. The summed E-state index contributed by atoms with van der Waals surface area (Å²) in [6.45, 7) is 1.85. The van der Waals surface area contributed by atoms with Crippen LogP contribution in [0.5, 0.6) is 11.5 Å². The molecule has 2 aromatic carbocycles. The molecule has 0 unspecified atom stereocenters. The lowest BCUT2D eigenvalue weighted by Crippen LogP contribution is -2.36. The molecule has 172 valence electrons. The summed E-state index contributed by atoms with van der Waals surface area (Å²) in [5, 5.41) is 3.35. The molecular weight excluding hydrogens is 486 g/mol. The van der Waals surface area contributed by atoms with Gasteiger partial charge in [0.05, 0.1) is 26.9 Å². The molecule has 1 aliphatic carbocycles. The van der Waals surface area contributed by atoms with Gasteiger partial charge in [0.2, 0.25) is 0 Å². The first-order chi connectivity index (χ1) is 15.9. The first-order valence-electron chi connectivity index (χ1n) is 10.7. The number of hydrogen-bond acceptors (Lipinski definition) is 6. The highest BCUT2D eigenvalue weighted by molar-refractivity contribution is 9.10. The van der Waals surface area contributed by atoms with E-state index < -0.39 is 11.9 Å². The first-order valence-corrected chi connectivity index (χ1v) is 11.5. The van der Waals surface area contributed by atoms with Crippen LogP contribution in [0.15, 0.2) is 69.5 Å². The summed E-state index contributed by atoms with van der Waals surface area (Å²) in [6.07, 6.45) is 0.980. The summed E-state index contributed by atoms with van der Waals surface area (Å²) in [5.41, 5.74) is 4.50. The van der Waals surface area contributed by atoms with Gasteiger partial charge in [0.25, 0.3) is 0 Å². The van der Waals surface area contributed by atoms with Gasteiger partial charge >= 0.3 is 5.97 Å². The molecule has 33 heavy (non-hydrogen) atoms. The molecule has 2 atom stereocenters. The van der Waals surface area contributed by atoms with Crippen molar-refractivity contribution in [2.45, 2.75) is 31.6 Å². The maximum absolute atomic E-state index is 13.6. The lowest BCUT2D eigenvalue weighted by atomic mass is 9.71. The maximum atomic E-state index is 13.6. The number of methoxy groups -OCH3 is 3. The Labute approximate surface area is 201 Å². The van der Waals surface area contributed by atoms with Gasteiger partial charge in [-0.2, -0.15) is 0 Å². The second kappa shape index (κ2) is 9.43. The third kappa shape index (κ3) is 4.17. The second-order valence-electron chi connectivity index (χ2n) is 8.14. The monoisotopic (exact) mass is 511 g/mol. The Morgan fingerprint density at radius 1 is 1.03 bits per heavy atom. The Hall–Kier alpha value is -3.06. The van der Waals surface area contributed by atoms with Crippen molar-refractivity contribution < 1.29 is 23.8 Å². The molecule has 4 rings (SSSR count). The number of carbonyl (C=O) groups excluding carboxylic acids is 2. The molecule has 1 aliphatic heterocycles. The zero-order valence-corrected chi connectivity index (χ0v) is 20.6. The molecule has 7 heteroatoms. The smallest absolute Gasteiger partial charge is 0.336 e. The second-order valence-corrected chi connectivity index (χ2v) is 9.00. The van der Waals surface area contributed by atoms with Gasteiger partial charge in [0, 0.05) is 33.8 Å². The maximum Gasteiger partial charge on any atom is 0.336 e. The third-order valence-electron chi connectivity index (χ3n) is 6.33. The Bertz CT molecular complexity index is 1180. The van der Waals surface area contributed by atoms with E-state index in [1.807, 2.05) is 49.4 Å². The van der Waals surface area contributed by atoms with Gasteiger partial charge in [-0.05, 0) is 48.6 Å². The van der Waals surface area contributed by atoms with Crippen LogP contribution in [-0.4, -0.2) is 33.1 Å². The van der Waals surface area contributed by atoms with Crippen LogP contribution in [0.1, 0.15) is 42.7 Å². The quantitative estimate of drug-likeness (QED) is 0.569. The number of rotatable bonds is 5. The minimum Gasteiger partial charge on any atom is -0.493 e. The van der Waals surface area contributed by atoms with Gasteiger partial charge in [-0.25, -0.2) is 4.79 Å². The largest absolute Gasteiger partial charge is 0.493 e. The van der Waals surface area contributed by atoms with Gasteiger partial charge < -0.3 is 19.5 Å². The van der Waals surface area contributed by atoms with E-state index in [4.69, 9.17) is 14.2 Å². The summed E-state index contributed by atoms with van der Waals surface area (Å²) in [4.78, 5) is 26.4. The van der Waals surface area contributed by atoms with Crippen molar-refractivity contribution in [1.29, 1.82) is 0 Å². The number of benzene rings is 2. The van der Waals surface area contributed by atoms with Crippen LogP contribution >= 0.6 is 15.9 Å². The molecule has 0 spiro atoms.